The number of piperidine rings is 1. The maximum atomic E-state index is 13.1. The van der Waals surface area contributed by atoms with Crippen LogP contribution in [-0.2, 0) is 6.54 Å². The van der Waals surface area contributed by atoms with Gasteiger partial charge in [-0.3, -0.25) is 4.79 Å². The van der Waals surface area contributed by atoms with Crippen LogP contribution in [0.2, 0.25) is 0 Å². The summed E-state index contributed by atoms with van der Waals surface area (Å²) in [6, 6.07) is 5.83. The minimum Gasteiger partial charge on any atom is -0.338 e. The zero-order chi connectivity index (χ0) is 17.3. The first-order valence-corrected chi connectivity index (χ1v) is 9.83. The van der Waals surface area contributed by atoms with E-state index < -0.39 is 0 Å². The number of benzene rings is 1. The second-order valence-electron chi connectivity index (χ2n) is 7.85. The molecule has 0 atom stereocenters. The van der Waals surface area contributed by atoms with Gasteiger partial charge in [-0.25, -0.2) is 4.68 Å². The molecule has 1 aliphatic carbocycles. The van der Waals surface area contributed by atoms with Crippen LogP contribution < -0.4 is 0 Å². The average Bonchev–Trinajstić information content (AvgIpc) is 2.93. The SMILES string of the molecule is CCn1nnc2cc(C(=O)N3CCCC4(CCCCCC4)C3)ccc21. The third-order valence-electron chi connectivity index (χ3n) is 6.17. The molecule has 1 spiro atoms. The summed E-state index contributed by atoms with van der Waals surface area (Å²) < 4.78 is 1.87. The highest BCUT2D eigenvalue weighted by molar-refractivity contribution is 5.97. The van der Waals surface area contributed by atoms with Crippen molar-refractivity contribution >= 4 is 16.9 Å². The molecule has 0 N–H and O–H groups in total. The lowest BCUT2D eigenvalue weighted by atomic mass is 9.74. The second kappa shape index (κ2) is 6.77. The third kappa shape index (κ3) is 3.16. The molecule has 25 heavy (non-hydrogen) atoms. The Labute approximate surface area is 149 Å². The van der Waals surface area contributed by atoms with E-state index in [0.717, 1.165) is 42.7 Å². The normalized spacial score (nSPS) is 20.8. The van der Waals surface area contributed by atoms with E-state index in [9.17, 15) is 4.79 Å². The lowest BCUT2D eigenvalue weighted by Gasteiger charge is -2.42. The summed E-state index contributed by atoms with van der Waals surface area (Å²) in [7, 11) is 0. The molecule has 2 aliphatic rings. The molecule has 2 heterocycles. The first-order valence-electron chi connectivity index (χ1n) is 9.83. The van der Waals surface area contributed by atoms with Gasteiger partial charge in [-0.05, 0) is 56.2 Å². The van der Waals surface area contributed by atoms with Crippen LogP contribution in [0.1, 0.15) is 68.6 Å². The predicted octanol–water partition coefficient (Wildman–Crippen LogP) is 4.03. The lowest BCUT2D eigenvalue weighted by molar-refractivity contribution is 0.0465. The van der Waals surface area contributed by atoms with Gasteiger partial charge in [0.2, 0.25) is 0 Å². The lowest BCUT2D eigenvalue weighted by Crippen LogP contribution is -2.46. The van der Waals surface area contributed by atoms with Gasteiger partial charge in [0, 0.05) is 25.2 Å². The molecule has 1 amide bonds. The highest BCUT2D eigenvalue weighted by Gasteiger charge is 2.37. The number of hydrogen-bond acceptors (Lipinski definition) is 3. The van der Waals surface area contributed by atoms with E-state index in [2.05, 4.69) is 15.2 Å². The number of aryl methyl sites for hydroxylation is 1. The maximum absolute atomic E-state index is 13.1. The summed E-state index contributed by atoms with van der Waals surface area (Å²) in [6.45, 7) is 4.66. The minimum absolute atomic E-state index is 0.163. The molecule has 1 saturated carbocycles. The molecule has 5 heteroatoms. The zero-order valence-electron chi connectivity index (χ0n) is 15.2. The molecule has 0 radical (unpaired) electrons. The van der Waals surface area contributed by atoms with E-state index in [0.29, 0.717) is 5.41 Å². The Balaban J connectivity index is 1.55. The molecule has 5 nitrogen and oxygen atoms in total. The quantitative estimate of drug-likeness (QED) is 0.829. The topological polar surface area (TPSA) is 51.0 Å². The second-order valence-corrected chi connectivity index (χ2v) is 7.85. The first kappa shape index (κ1) is 16.6. The summed E-state index contributed by atoms with van der Waals surface area (Å²) >= 11 is 0. The summed E-state index contributed by atoms with van der Waals surface area (Å²) in [5, 5.41) is 8.36. The third-order valence-corrected chi connectivity index (χ3v) is 6.17. The smallest absolute Gasteiger partial charge is 0.253 e. The summed E-state index contributed by atoms with van der Waals surface area (Å²) in [5.74, 6) is 0.163. The molecule has 1 saturated heterocycles. The van der Waals surface area contributed by atoms with Gasteiger partial charge in [0.15, 0.2) is 0 Å². The van der Waals surface area contributed by atoms with E-state index in [1.54, 1.807) is 0 Å². The van der Waals surface area contributed by atoms with E-state index in [1.165, 1.54) is 44.9 Å². The van der Waals surface area contributed by atoms with Gasteiger partial charge in [-0.1, -0.05) is 30.9 Å². The van der Waals surface area contributed by atoms with Gasteiger partial charge in [0.05, 0.1) is 5.52 Å². The molecule has 4 rings (SSSR count). The predicted molar refractivity (Wildman–Crippen MR) is 98.5 cm³/mol. The molecule has 2 aromatic rings. The minimum atomic E-state index is 0.163. The Morgan fingerprint density at radius 3 is 2.64 bits per heavy atom. The van der Waals surface area contributed by atoms with Gasteiger partial charge in [0.25, 0.3) is 5.91 Å². The van der Waals surface area contributed by atoms with Gasteiger partial charge in [-0.15, -0.1) is 5.10 Å². The molecule has 1 aromatic carbocycles. The number of hydrogen-bond donors (Lipinski definition) is 0. The number of amides is 1. The summed E-state index contributed by atoms with van der Waals surface area (Å²) in [5.41, 5.74) is 2.94. The first-order chi connectivity index (χ1) is 12.2. The molecule has 0 bridgehead atoms. The molecule has 134 valence electrons. The van der Waals surface area contributed by atoms with Crippen LogP contribution in [0.25, 0.3) is 11.0 Å². The van der Waals surface area contributed by atoms with Gasteiger partial charge >= 0.3 is 0 Å². The van der Waals surface area contributed by atoms with Crippen molar-refractivity contribution in [3.8, 4) is 0 Å². The Hall–Kier alpha value is -1.91. The van der Waals surface area contributed by atoms with Crippen molar-refractivity contribution < 1.29 is 4.79 Å². The van der Waals surface area contributed by atoms with Crippen molar-refractivity contribution in [2.75, 3.05) is 13.1 Å². The fraction of sp³-hybridized carbons (Fsp3) is 0.650. The van der Waals surface area contributed by atoms with Crippen molar-refractivity contribution in [1.82, 2.24) is 19.9 Å². The van der Waals surface area contributed by atoms with Crippen molar-refractivity contribution in [1.29, 1.82) is 0 Å². The molecule has 1 aliphatic heterocycles. The van der Waals surface area contributed by atoms with Crippen LogP contribution >= 0.6 is 0 Å². The highest BCUT2D eigenvalue weighted by atomic mass is 16.2. The molecule has 0 unspecified atom stereocenters. The summed E-state index contributed by atoms with van der Waals surface area (Å²) in [4.78, 5) is 15.2. The number of aromatic nitrogens is 3. The Morgan fingerprint density at radius 1 is 1.12 bits per heavy atom. The van der Waals surface area contributed by atoms with E-state index in [4.69, 9.17) is 0 Å². The average molecular weight is 340 g/mol. The fourth-order valence-electron chi connectivity index (χ4n) is 4.79. The van der Waals surface area contributed by atoms with Gasteiger partial charge in [-0.2, -0.15) is 0 Å². The monoisotopic (exact) mass is 340 g/mol. The van der Waals surface area contributed by atoms with Gasteiger partial charge < -0.3 is 4.90 Å². The number of nitrogens with zero attached hydrogens (tertiary/aromatic N) is 4. The highest BCUT2D eigenvalue weighted by Crippen LogP contribution is 2.42. The maximum Gasteiger partial charge on any atom is 0.253 e. The van der Waals surface area contributed by atoms with E-state index in [-0.39, 0.29) is 5.91 Å². The van der Waals surface area contributed by atoms with Crippen molar-refractivity contribution in [3.05, 3.63) is 23.8 Å². The van der Waals surface area contributed by atoms with Crippen molar-refractivity contribution in [2.45, 2.75) is 64.8 Å². The van der Waals surface area contributed by atoms with Crippen molar-refractivity contribution in [3.63, 3.8) is 0 Å². The number of carbonyl (C=O) groups is 1. The summed E-state index contributed by atoms with van der Waals surface area (Å²) in [6.07, 6.45) is 10.4. The molecule has 2 fully saturated rings. The Kier molecular flexibility index (Phi) is 4.48. The van der Waals surface area contributed by atoms with Crippen LogP contribution in [0.5, 0.6) is 0 Å². The number of fused-ring (bicyclic) bond motifs is 1. The zero-order valence-corrected chi connectivity index (χ0v) is 15.2. The van der Waals surface area contributed by atoms with Crippen LogP contribution in [0, 0.1) is 5.41 Å². The van der Waals surface area contributed by atoms with Crippen molar-refractivity contribution in [2.24, 2.45) is 5.41 Å². The van der Waals surface area contributed by atoms with E-state index >= 15 is 0 Å². The van der Waals surface area contributed by atoms with Crippen LogP contribution in [0.15, 0.2) is 18.2 Å². The van der Waals surface area contributed by atoms with Crippen LogP contribution in [0.4, 0.5) is 0 Å². The van der Waals surface area contributed by atoms with Gasteiger partial charge in [0.1, 0.15) is 5.52 Å². The fourth-order valence-corrected chi connectivity index (χ4v) is 4.79. The molecule has 1 aromatic heterocycles. The largest absolute Gasteiger partial charge is 0.338 e. The van der Waals surface area contributed by atoms with E-state index in [1.807, 2.05) is 29.8 Å². The Morgan fingerprint density at radius 2 is 1.88 bits per heavy atom. The van der Waals surface area contributed by atoms with Crippen LogP contribution in [0.3, 0.4) is 0 Å². The molecular weight excluding hydrogens is 312 g/mol. The van der Waals surface area contributed by atoms with Crippen LogP contribution in [-0.4, -0.2) is 38.9 Å². The number of rotatable bonds is 2. The Bertz CT molecular complexity index is 758. The molecular formula is C20H28N4O. The number of likely N-dealkylation sites (tertiary alicyclic amines) is 1. The number of carbonyl (C=O) groups excluding carboxylic acids is 1. The standard InChI is InChI=1S/C20H28N4O/c1-2-24-18-9-8-16(14-17(18)21-22-24)19(25)23-13-7-12-20(15-23)10-5-3-4-6-11-20/h8-9,14H,2-7,10-13,15H2,1H3.